The van der Waals surface area contributed by atoms with E-state index >= 15 is 0 Å². The number of fused-ring (bicyclic) bond motifs is 1. The van der Waals surface area contributed by atoms with Gasteiger partial charge in [0.1, 0.15) is 17.3 Å². The average molecular weight is 335 g/mol. The van der Waals surface area contributed by atoms with Gasteiger partial charge in [0.15, 0.2) is 0 Å². The molecule has 0 saturated carbocycles. The van der Waals surface area contributed by atoms with Crippen molar-refractivity contribution in [2.24, 2.45) is 0 Å². The van der Waals surface area contributed by atoms with Crippen molar-refractivity contribution >= 4 is 33.1 Å². The van der Waals surface area contributed by atoms with Crippen LogP contribution in [-0.4, -0.2) is 0 Å². The maximum Gasteiger partial charge on any atom is 0.289 e. The Balaban J connectivity index is 2.31. The number of nitrogens with two attached hydrogens (primary N) is 1. The Bertz CT molecular complexity index is 685. The molecular formula is C14H13BrN3S+. The summed E-state index contributed by atoms with van der Waals surface area (Å²) >= 11 is 5.14. The lowest BCUT2D eigenvalue weighted by Crippen LogP contribution is -2.24. The molecule has 0 saturated heterocycles. The Kier molecular flexibility index (Phi) is 3.29. The van der Waals surface area contributed by atoms with E-state index < -0.39 is 0 Å². The minimum Gasteiger partial charge on any atom is -0.286 e. The van der Waals surface area contributed by atoms with Crippen LogP contribution >= 0.6 is 27.3 Å². The summed E-state index contributed by atoms with van der Waals surface area (Å²) in [5, 5.41) is 9.41. The lowest BCUT2D eigenvalue weighted by molar-refractivity contribution is -0.374. The summed E-state index contributed by atoms with van der Waals surface area (Å²) in [5.41, 5.74) is 10.1. The van der Waals surface area contributed by atoms with Gasteiger partial charge in [-0.25, -0.2) is 4.98 Å². The molecule has 2 heterocycles. The molecule has 0 spiro atoms. The Labute approximate surface area is 124 Å². The molecule has 1 aliphatic rings. The molecule has 0 amide bonds. The highest BCUT2D eigenvalue weighted by atomic mass is 79.9. The third kappa shape index (κ3) is 2.15. The van der Waals surface area contributed by atoms with Crippen LogP contribution in [0.2, 0.25) is 0 Å². The van der Waals surface area contributed by atoms with E-state index in [2.05, 4.69) is 33.0 Å². The monoisotopic (exact) mass is 334 g/mol. The van der Waals surface area contributed by atoms with Crippen LogP contribution in [0, 0.1) is 11.3 Å². The first-order valence-electron chi connectivity index (χ1n) is 6.23. The van der Waals surface area contributed by atoms with Gasteiger partial charge in [0.05, 0.1) is 3.79 Å². The van der Waals surface area contributed by atoms with Crippen molar-refractivity contribution in [2.45, 2.75) is 25.7 Å². The van der Waals surface area contributed by atoms with Gasteiger partial charge in [-0.3, -0.25) is 5.73 Å². The van der Waals surface area contributed by atoms with E-state index in [1.54, 1.807) is 11.3 Å². The number of aromatic nitrogens is 1. The largest absolute Gasteiger partial charge is 0.289 e. The predicted molar refractivity (Wildman–Crippen MR) is 79.8 cm³/mol. The first-order valence-corrected chi connectivity index (χ1v) is 7.84. The Morgan fingerprint density at radius 1 is 1.32 bits per heavy atom. The molecule has 0 fully saturated rings. The molecule has 0 aromatic carbocycles. The molecule has 3 nitrogen and oxygen atoms in total. The van der Waals surface area contributed by atoms with Gasteiger partial charge in [-0.1, -0.05) is 0 Å². The molecule has 5 heteroatoms. The summed E-state index contributed by atoms with van der Waals surface area (Å²) in [4.78, 5) is 4.33. The normalized spacial score (nSPS) is 13.9. The molecule has 0 radical (unpaired) electrons. The number of H-pyrrole nitrogens is 1. The smallest absolute Gasteiger partial charge is 0.286 e. The van der Waals surface area contributed by atoms with Crippen molar-refractivity contribution in [3.8, 4) is 16.5 Å². The zero-order valence-corrected chi connectivity index (χ0v) is 12.7. The number of rotatable bonds is 1. The van der Waals surface area contributed by atoms with Crippen LogP contribution in [0.4, 0.5) is 5.82 Å². The summed E-state index contributed by atoms with van der Waals surface area (Å²) in [6.07, 6.45) is 4.40. The highest BCUT2D eigenvalue weighted by molar-refractivity contribution is 9.11. The number of hydrogen-bond acceptors (Lipinski definition) is 3. The second kappa shape index (κ2) is 4.95. The lowest BCUT2D eigenvalue weighted by Gasteiger charge is -2.17. The van der Waals surface area contributed by atoms with Crippen LogP contribution in [-0.2, 0) is 12.8 Å². The number of thiophene rings is 1. The number of pyridine rings is 1. The third-order valence-electron chi connectivity index (χ3n) is 3.51. The number of nitrogen functional groups attached to an aromatic ring is 1. The Morgan fingerprint density at radius 2 is 2.11 bits per heavy atom. The zero-order chi connectivity index (χ0) is 13.4. The van der Waals surface area contributed by atoms with Crippen molar-refractivity contribution in [1.29, 1.82) is 5.26 Å². The summed E-state index contributed by atoms with van der Waals surface area (Å²) in [5.74, 6) is 0.489. The molecule has 0 aliphatic heterocycles. The van der Waals surface area contributed by atoms with E-state index in [0.29, 0.717) is 11.4 Å². The molecule has 2 aromatic heterocycles. The minimum absolute atomic E-state index is 0.489. The van der Waals surface area contributed by atoms with Gasteiger partial charge in [0.25, 0.3) is 5.82 Å². The van der Waals surface area contributed by atoms with E-state index in [1.807, 2.05) is 6.07 Å². The van der Waals surface area contributed by atoms with Crippen molar-refractivity contribution in [1.82, 2.24) is 0 Å². The van der Waals surface area contributed by atoms with Gasteiger partial charge in [0, 0.05) is 22.4 Å². The van der Waals surface area contributed by atoms with Gasteiger partial charge in [-0.05, 0) is 47.3 Å². The van der Waals surface area contributed by atoms with E-state index in [9.17, 15) is 5.26 Å². The highest BCUT2D eigenvalue weighted by Gasteiger charge is 2.25. The van der Waals surface area contributed by atoms with Crippen LogP contribution in [0.15, 0.2) is 15.9 Å². The van der Waals surface area contributed by atoms with Crippen molar-refractivity contribution < 1.29 is 4.98 Å². The van der Waals surface area contributed by atoms with Crippen molar-refractivity contribution in [2.75, 3.05) is 5.73 Å². The number of halogens is 1. The number of nitriles is 1. The Hall–Kier alpha value is -1.38. The fourth-order valence-electron chi connectivity index (χ4n) is 2.67. The lowest BCUT2D eigenvalue weighted by atomic mass is 9.89. The summed E-state index contributed by atoms with van der Waals surface area (Å²) in [6, 6.07) is 6.33. The first-order chi connectivity index (χ1) is 9.20. The van der Waals surface area contributed by atoms with Gasteiger partial charge < -0.3 is 0 Å². The first kappa shape index (κ1) is 12.6. The number of nitrogens with one attached hydrogen (secondary N) is 1. The minimum atomic E-state index is 0.489. The van der Waals surface area contributed by atoms with Crippen LogP contribution in [0.5, 0.6) is 0 Å². The average Bonchev–Trinajstić information content (AvgIpc) is 2.83. The maximum atomic E-state index is 9.41. The highest BCUT2D eigenvalue weighted by Crippen LogP contribution is 2.39. The number of anilines is 1. The van der Waals surface area contributed by atoms with Crippen molar-refractivity contribution in [3.63, 3.8) is 0 Å². The molecule has 3 rings (SSSR count). The molecule has 0 bridgehead atoms. The zero-order valence-electron chi connectivity index (χ0n) is 10.3. The Morgan fingerprint density at radius 3 is 2.79 bits per heavy atom. The van der Waals surface area contributed by atoms with E-state index in [4.69, 9.17) is 5.73 Å². The molecule has 2 aromatic rings. The quantitative estimate of drug-likeness (QED) is 0.869. The number of aryl methyl sites for hydroxylation is 1. The fraction of sp³-hybridized carbons (Fsp3) is 0.286. The standard InChI is InChI=1S/C14H12BrN3S/c15-12-6-5-11(19-12)13-8-3-1-2-4-10(8)18-14(17)9(13)7-16/h5-6H,1-4H2,(H2,17,18)/p+1. The molecule has 96 valence electrons. The fourth-order valence-corrected chi connectivity index (χ4v) is 4.13. The molecule has 1 aliphatic carbocycles. The summed E-state index contributed by atoms with van der Waals surface area (Å²) in [7, 11) is 0. The van der Waals surface area contributed by atoms with Crippen LogP contribution in [0.1, 0.15) is 29.7 Å². The summed E-state index contributed by atoms with van der Waals surface area (Å²) in [6.45, 7) is 0. The molecule has 3 N–H and O–H groups in total. The molecule has 0 atom stereocenters. The maximum absolute atomic E-state index is 9.41. The topological polar surface area (TPSA) is 64.0 Å². The summed E-state index contributed by atoms with van der Waals surface area (Å²) < 4.78 is 1.07. The van der Waals surface area contributed by atoms with Gasteiger partial charge in [-0.2, -0.15) is 5.26 Å². The van der Waals surface area contributed by atoms with Gasteiger partial charge in [-0.15, -0.1) is 11.3 Å². The second-order valence-corrected chi connectivity index (χ2v) is 7.13. The predicted octanol–water partition coefficient (Wildman–Crippen LogP) is 3.32. The van der Waals surface area contributed by atoms with Gasteiger partial charge in [0.2, 0.25) is 0 Å². The number of hydrogen-bond donors (Lipinski definition) is 1. The SMILES string of the molecule is N#Cc1c(N)[nH+]c2c(c1-c1ccc(Br)s1)CCCC2. The van der Waals surface area contributed by atoms with E-state index in [-0.39, 0.29) is 0 Å². The van der Waals surface area contributed by atoms with E-state index in [1.165, 1.54) is 24.1 Å². The van der Waals surface area contributed by atoms with Crippen LogP contribution < -0.4 is 10.7 Å². The van der Waals surface area contributed by atoms with Gasteiger partial charge >= 0.3 is 0 Å². The third-order valence-corrected chi connectivity index (χ3v) is 5.15. The molecular weight excluding hydrogens is 322 g/mol. The van der Waals surface area contributed by atoms with Crippen molar-refractivity contribution in [3.05, 3.63) is 32.7 Å². The number of aromatic amines is 1. The van der Waals surface area contributed by atoms with E-state index in [0.717, 1.165) is 27.1 Å². The molecule has 0 unspecified atom stereocenters. The number of nitrogens with zero attached hydrogens (tertiary/aromatic N) is 1. The second-order valence-electron chi connectivity index (χ2n) is 4.67. The van der Waals surface area contributed by atoms with Crippen LogP contribution in [0.25, 0.3) is 10.4 Å². The van der Waals surface area contributed by atoms with Crippen LogP contribution in [0.3, 0.4) is 0 Å². The molecule has 19 heavy (non-hydrogen) atoms.